The van der Waals surface area contributed by atoms with Crippen molar-refractivity contribution in [3.05, 3.63) is 70.0 Å². The van der Waals surface area contributed by atoms with E-state index in [0.29, 0.717) is 0 Å². The van der Waals surface area contributed by atoms with Crippen LogP contribution in [0.1, 0.15) is 21.5 Å². The molecule has 0 radical (unpaired) electrons. The fourth-order valence-corrected chi connectivity index (χ4v) is 2.01. The van der Waals surface area contributed by atoms with Gasteiger partial charge in [-0.25, -0.2) is 4.39 Å². The first-order chi connectivity index (χ1) is 8.58. The van der Waals surface area contributed by atoms with Crippen LogP contribution in [-0.4, -0.2) is 5.78 Å². The average Bonchev–Trinajstić information content (AvgIpc) is 2.32. The van der Waals surface area contributed by atoms with Crippen LogP contribution in [0.4, 0.5) is 4.39 Å². The van der Waals surface area contributed by atoms with Crippen LogP contribution in [-0.2, 0) is 6.42 Å². The fraction of sp³-hybridized carbons (Fsp3) is 0.133. The molecule has 0 fully saturated rings. The minimum Gasteiger partial charge on any atom is -0.294 e. The molecule has 0 aliphatic heterocycles. The molecule has 2 aromatic carbocycles. The molecule has 0 amide bonds. The van der Waals surface area contributed by atoms with Crippen LogP contribution in [0.3, 0.4) is 0 Å². The van der Waals surface area contributed by atoms with Crippen LogP contribution >= 0.6 is 11.6 Å². The molecule has 0 bridgehead atoms. The molecule has 0 heterocycles. The molecule has 0 N–H and O–H groups in total. The van der Waals surface area contributed by atoms with E-state index < -0.39 is 5.82 Å². The van der Waals surface area contributed by atoms with Crippen molar-refractivity contribution in [3.8, 4) is 0 Å². The lowest BCUT2D eigenvalue weighted by molar-refractivity contribution is 0.0989. The SMILES string of the molecule is Cc1ccc(CC(=O)c2c(F)cccc2Cl)cc1. The third kappa shape index (κ3) is 2.77. The number of hydrogen-bond donors (Lipinski definition) is 0. The Hall–Kier alpha value is -1.67. The number of carbonyl (C=O) groups is 1. The van der Waals surface area contributed by atoms with Crippen LogP contribution in [0.25, 0.3) is 0 Å². The van der Waals surface area contributed by atoms with Crippen molar-refractivity contribution in [3.63, 3.8) is 0 Å². The van der Waals surface area contributed by atoms with E-state index in [1.54, 1.807) is 0 Å². The molecule has 0 atom stereocenters. The van der Waals surface area contributed by atoms with Gasteiger partial charge in [0.25, 0.3) is 0 Å². The van der Waals surface area contributed by atoms with Gasteiger partial charge in [-0.2, -0.15) is 0 Å². The third-order valence-corrected chi connectivity index (χ3v) is 3.04. The van der Waals surface area contributed by atoms with Gasteiger partial charge in [-0.3, -0.25) is 4.79 Å². The van der Waals surface area contributed by atoms with E-state index in [1.807, 2.05) is 31.2 Å². The summed E-state index contributed by atoms with van der Waals surface area (Å²) < 4.78 is 13.6. The highest BCUT2D eigenvalue weighted by Gasteiger charge is 2.15. The molecule has 2 aromatic rings. The number of Topliss-reactive ketones (excluding diaryl/α,β-unsaturated/α-hetero) is 1. The Balaban J connectivity index is 2.25. The summed E-state index contributed by atoms with van der Waals surface area (Å²) >= 11 is 5.86. The zero-order chi connectivity index (χ0) is 13.1. The van der Waals surface area contributed by atoms with Gasteiger partial charge < -0.3 is 0 Å². The van der Waals surface area contributed by atoms with Crippen molar-refractivity contribution in [2.45, 2.75) is 13.3 Å². The Morgan fingerprint density at radius 3 is 2.44 bits per heavy atom. The monoisotopic (exact) mass is 262 g/mol. The van der Waals surface area contributed by atoms with Crippen LogP contribution in [0, 0.1) is 12.7 Å². The summed E-state index contributed by atoms with van der Waals surface area (Å²) in [6.45, 7) is 1.97. The highest BCUT2D eigenvalue weighted by molar-refractivity contribution is 6.34. The Morgan fingerprint density at radius 1 is 1.17 bits per heavy atom. The predicted octanol–water partition coefficient (Wildman–Crippen LogP) is 4.21. The first-order valence-electron chi connectivity index (χ1n) is 5.60. The van der Waals surface area contributed by atoms with Gasteiger partial charge in [0.1, 0.15) is 5.82 Å². The van der Waals surface area contributed by atoms with Gasteiger partial charge in [0.05, 0.1) is 10.6 Å². The van der Waals surface area contributed by atoms with E-state index in [4.69, 9.17) is 11.6 Å². The van der Waals surface area contributed by atoms with Gasteiger partial charge in [-0.1, -0.05) is 47.5 Å². The number of aryl methyl sites for hydroxylation is 1. The van der Waals surface area contributed by atoms with Crippen molar-refractivity contribution in [2.24, 2.45) is 0 Å². The Labute approximate surface area is 110 Å². The highest BCUT2D eigenvalue weighted by atomic mass is 35.5. The molecule has 0 spiro atoms. The summed E-state index contributed by atoms with van der Waals surface area (Å²) in [6.07, 6.45) is 0.154. The van der Waals surface area contributed by atoms with Crippen molar-refractivity contribution >= 4 is 17.4 Å². The van der Waals surface area contributed by atoms with Gasteiger partial charge in [0, 0.05) is 6.42 Å². The second-order valence-corrected chi connectivity index (χ2v) is 4.59. The highest BCUT2D eigenvalue weighted by Crippen LogP contribution is 2.21. The van der Waals surface area contributed by atoms with Crippen LogP contribution in [0.5, 0.6) is 0 Å². The van der Waals surface area contributed by atoms with E-state index in [-0.39, 0.29) is 22.8 Å². The molecule has 0 aliphatic rings. The van der Waals surface area contributed by atoms with Gasteiger partial charge in [0.2, 0.25) is 0 Å². The largest absolute Gasteiger partial charge is 0.294 e. The Morgan fingerprint density at radius 2 is 1.83 bits per heavy atom. The van der Waals surface area contributed by atoms with Gasteiger partial charge in [0.15, 0.2) is 5.78 Å². The number of hydrogen-bond acceptors (Lipinski definition) is 1. The molecule has 0 aromatic heterocycles. The normalized spacial score (nSPS) is 10.4. The number of benzene rings is 2. The van der Waals surface area contributed by atoms with Crippen molar-refractivity contribution in [1.82, 2.24) is 0 Å². The minimum absolute atomic E-state index is 0.0280. The molecular weight excluding hydrogens is 251 g/mol. The maximum absolute atomic E-state index is 13.6. The summed E-state index contributed by atoms with van der Waals surface area (Å²) in [5.41, 5.74) is 1.94. The Bertz CT molecular complexity index is 555. The molecular formula is C15H12ClFO. The lowest BCUT2D eigenvalue weighted by Crippen LogP contribution is -2.07. The van der Waals surface area contributed by atoms with Crippen molar-refractivity contribution in [2.75, 3.05) is 0 Å². The molecule has 0 unspecified atom stereocenters. The van der Waals surface area contributed by atoms with Crippen LogP contribution in [0.2, 0.25) is 5.02 Å². The van der Waals surface area contributed by atoms with Crippen LogP contribution < -0.4 is 0 Å². The molecule has 92 valence electrons. The van der Waals surface area contributed by atoms with E-state index in [2.05, 4.69) is 0 Å². The zero-order valence-corrected chi connectivity index (χ0v) is 10.7. The maximum atomic E-state index is 13.6. The fourth-order valence-electron chi connectivity index (χ4n) is 1.74. The molecule has 18 heavy (non-hydrogen) atoms. The summed E-state index contributed by atoms with van der Waals surface area (Å²) in [6, 6.07) is 11.8. The molecule has 0 saturated heterocycles. The zero-order valence-electron chi connectivity index (χ0n) is 9.91. The van der Waals surface area contributed by atoms with Gasteiger partial charge in [-0.05, 0) is 24.6 Å². The second-order valence-electron chi connectivity index (χ2n) is 4.18. The maximum Gasteiger partial charge on any atom is 0.171 e. The number of ketones is 1. The second kappa shape index (κ2) is 5.32. The summed E-state index contributed by atoms with van der Waals surface area (Å²) in [5, 5.41) is 0.159. The summed E-state index contributed by atoms with van der Waals surface area (Å²) in [7, 11) is 0. The van der Waals surface area contributed by atoms with E-state index in [0.717, 1.165) is 11.1 Å². The number of carbonyl (C=O) groups excluding carboxylic acids is 1. The lowest BCUT2D eigenvalue weighted by Gasteiger charge is -2.05. The van der Waals surface area contributed by atoms with Gasteiger partial charge >= 0.3 is 0 Å². The molecule has 2 rings (SSSR count). The molecule has 0 aliphatic carbocycles. The van der Waals surface area contributed by atoms with Crippen LogP contribution in [0.15, 0.2) is 42.5 Å². The Kier molecular flexibility index (Phi) is 3.78. The molecule has 0 saturated carbocycles. The quantitative estimate of drug-likeness (QED) is 0.757. The summed E-state index contributed by atoms with van der Waals surface area (Å²) in [5.74, 6) is -0.874. The van der Waals surface area contributed by atoms with E-state index in [1.165, 1.54) is 18.2 Å². The first kappa shape index (κ1) is 12.8. The third-order valence-electron chi connectivity index (χ3n) is 2.73. The minimum atomic E-state index is -0.570. The topological polar surface area (TPSA) is 17.1 Å². The van der Waals surface area contributed by atoms with E-state index >= 15 is 0 Å². The van der Waals surface area contributed by atoms with E-state index in [9.17, 15) is 9.18 Å². The average molecular weight is 263 g/mol. The van der Waals surface area contributed by atoms with Gasteiger partial charge in [-0.15, -0.1) is 0 Å². The lowest BCUT2D eigenvalue weighted by atomic mass is 10.0. The predicted molar refractivity (Wildman–Crippen MR) is 70.6 cm³/mol. The smallest absolute Gasteiger partial charge is 0.171 e. The molecule has 3 heteroatoms. The first-order valence-corrected chi connectivity index (χ1v) is 5.98. The standard InChI is InChI=1S/C15H12ClFO/c1-10-5-7-11(8-6-10)9-14(18)15-12(16)3-2-4-13(15)17/h2-8H,9H2,1H3. The molecule has 1 nitrogen and oxygen atoms in total. The van der Waals surface area contributed by atoms with Crippen molar-refractivity contribution < 1.29 is 9.18 Å². The summed E-state index contributed by atoms with van der Waals surface area (Å²) in [4.78, 5) is 12.0. The van der Waals surface area contributed by atoms with Crippen molar-refractivity contribution in [1.29, 1.82) is 0 Å². The number of halogens is 2. The number of rotatable bonds is 3.